The predicted octanol–water partition coefficient (Wildman–Crippen LogP) is 3.11. The monoisotopic (exact) mass is 456 g/mol. The number of aliphatic hydroxyl groups excluding tert-OH is 1. The third-order valence-corrected chi connectivity index (χ3v) is 6.95. The zero-order valence-corrected chi connectivity index (χ0v) is 19.0. The normalized spacial score (nSPS) is 28.9. The standard InChI is InChI=1S/C25H25N7O2/c1-25(2)19-9-8-17(12-20(19)28-23(25)34)27-24-29-22-14-26-10-11-32(22,30-24)31-15-18(33)13-21(31)16-6-4-3-5-7-16/h3-12,14,18,21,33H,13,15H2,1-2H3,(H-,27,28,30,34)/p+1/t18-,21-,32?/m1/s1. The van der Waals surface area contributed by atoms with Crippen LogP contribution in [0.2, 0.25) is 0 Å². The van der Waals surface area contributed by atoms with Gasteiger partial charge in [0.25, 0.3) is 5.96 Å². The fourth-order valence-electron chi connectivity index (χ4n) is 5.11. The Bertz CT molecular complexity index is 1300. The minimum atomic E-state index is -0.556. The Kier molecular flexibility index (Phi) is 4.57. The molecule has 2 aromatic carbocycles. The maximum Gasteiger partial charge on any atom is 0.301 e. The number of rotatable bonds is 3. The van der Waals surface area contributed by atoms with E-state index >= 15 is 0 Å². The molecule has 1 unspecified atom stereocenters. The molecular weight excluding hydrogens is 430 g/mol. The molecule has 2 aromatic rings. The quantitative estimate of drug-likeness (QED) is 0.618. The van der Waals surface area contributed by atoms with E-state index in [1.54, 1.807) is 12.4 Å². The molecule has 0 spiro atoms. The summed E-state index contributed by atoms with van der Waals surface area (Å²) in [4.78, 5) is 21.3. The Morgan fingerprint density at radius 1 is 1.21 bits per heavy atom. The summed E-state index contributed by atoms with van der Waals surface area (Å²) in [5, 5.41) is 23.9. The highest BCUT2D eigenvalue weighted by atomic mass is 16.3. The Labute approximate surface area is 197 Å². The summed E-state index contributed by atoms with van der Waals surface area (Å²) < 4.78 is 0.0111. The van der Waals surface area contributed by atoms with Crippen molar-refractivity contribution < 1.29 is 14.6 Å². The molecule has 1 saturated heterocycles. The van der Waals surface area contributed by atoms with Crippen LogP contribution in [0.25, 0.3) is 0 Å². The van der Waals surface area contributed by atoms with Gasteiger partial charge in [0.05, 0.1) is 30.3 Å². The highest BCUT2D eigenvalue weighted by Crippen LogP contribution is 2.41. The van der Waals surface area contributed by atoms with Crippen molar-refractivity contribution in [2.24, 2.45) is 15.1 Å². The average Bonchev–Trinajstić information content (AvgIpc) is 3.46. The van der Waals surface area contributed by atoms with E-state index < -0.39 is 11.5 Å². The summed E-state index contributed by atoms with van der Waals surface area (Å²) in [6.07, 6.45) is 5.44. The van der Waals surface area contributed by atoms with Crippen molar-refractivity contribution in [1.82, 2.24) is 5.01 Å². The molecule has 0 bridgehead atoms. The third-order valence-electron chi connectivity index (χ3n) is 6.95. The van der Waals surface area contributed by atoms with Gasteiger partial charge >= 0.3 is 5.84 Å². The van der Waals surface area contributed by atoms with Gasteiger partial charge in [-0.25, -0.2) is 0 Å². The number of nitrogens with one attached hydrogen (secondary N) is 2. The number of quaternary nitrogens is 1. The smallest absolute Gasteiger partial charge is 0.301 e. The van der Waals surface area contributed by atoms with Gasteiger partial charge in [0.2, 0.25) is 5.91 Å². The van der Waals surface area contributed by atoms with Crippen LogP contribution in [0.4, 0.5) is 11.4 Å². The number of amides is 1. The first kappa shape index (κ1) is 20.9. The molecule has 9 heteroatoms. The maximum atomic E-state index is 12.3. The van der Waals surface area contributed by atoms with E-state index in [0.29, 0.717) is 24.8 Å². The van der Waals surface area contributed by atoms with Crippen molar-refractivity contribution >= 4 is 35.3 Å². The van der Waals surface area contributed by atoms with Crippen LogP contribution in [0.15, 0.2) is 76.0 Å². The number of hydrogen-bond acceptors (Lipinski definition) is 7. The van der Waals surface area contributed by atoms with E-state index in [9.17, 15) is 9.90 Å². The molecule has 4 aliphatic heterocycles. The second kappa shape index (κ2) is 7.42. The molecular formula is C25H26N7O2+. The van der Waals surface area contributed by atoms with Crippen molar-refractivity contribution in [3.8, 4) is 0 Å². The first-order valence-electron chi connectivity index (χ1n) is 11.4. The number of fused-ring (bicyclic) bond motifs is 2. The minimum Gasteiger partial charge on any atom is -0.391 e. The van der Waals surface area contributed by atoms with Crippen LogP contribution in [0.1, 0.15) is 37.4 Å². The fourth-order valence-corrected chi connectivity index (χ4v) is 5.11. The van der Waals surface area contributed by atoms with E-state index in [2.05, 4.69) is 32.8 Å². The Morgan fingerprint density at radius 3 is 2.85 bits per heavy atom. The SMILES string of the molecule is CC1(C)C(=O)Nc2cc(NC3=N[N+]4(N5C[C@H](O)C[C@@H]5c5ccccc5)C=CN=CC4=N3)ccc21. The maximum absolute atomic E-state index is 12.3. The fraction of sp³-hybridized carbons (Fsp3) is 0.280. The summed E-state index contributed by atoms with van der Waals surface area (Å²) >= 11 is 0. The van der Waals surface area contributed by atoms with Crippen molar-refractivity contribution in [2.75, 3.05) is 17.2 Å². The van der Waals surface area contributed by atoms with Crippen LogP contribution in [-0.2, 0) is 10.2 Å². The lowest BCUT2D eigenvalue weighted by Crippen LogP contribution is -2.56. The molecule has 6 rings (SSSR count). The Morgan fingerprint density at radius 2 is 2.03 bits per heavy atom. The van der Waals surface area contributed by atoms with Gasteiger partial charge in [0.15, 0.2) is 6.20 Å². The number of amidine groups is 1. The number of nitrogens with zero attached hydrogens (tertiary/aromatic N) is 5. The summed E-state index contributed by atoms with van der Waals surface area (Å²) in [6.45, 7) is 4.28. The second-order valence-corrected chi connectivity index (χ2v) is 9.52. The molecule has 1 fully saturated rings. The van der Waals surface area contributed by atoms with Crippen molar-refractivity contribution in [2.45, 2.75) is 37.8 Å². The summed E-state index contributed by atoms with van der Waals surface area (Å²) in [6, 6.07) is 15.9. The van der Waals surface area contributed by atoms with Crippen molar-refractivity contribution in [1.29, 1.82) is 0 Å². The van der Waals surface area contributed by atoms with E-state index in [-0.39, 0.29) is 16.7 Å². The number of β-amino-alcohol motifs (C(OH)–C–C–N with tert-alkyl or cyclic N) is 1. The number of guanidine groups is 1. The number of hydrogen-bond donors (Lipinski definition) is 3. The van der Waals surface area contributed by atoms with Crippen LogP contribution in [-0.4, -0.2) is 51.4 Å². The van der Waals surface area contributed by atoms with Crippen molar-refractivity contribution in [3.63, 3.8) is 0 Å². The number of carbonyl (C=O) groups is 1. The molecule has 4 aliphatic rings. The number of aliphatic imine (C=N–C) groups is 2. The molecule has 172 valence electrons. The third kappa shape index (κ3) is 3.12. The van der Waals surface area contributed by atoms with Gasteiger partial charge < -0.3 is 15.7 Å². The van der Waals surface area contributed by atoms with Crippen molar-refractivity contribution in [3.05, 3.63) is 72.1 Å². The molecule has 3 N–H and O–H groups in total. The molecule has 3 atom stereocenters. The molecule has 0 aliphatic carbocycles. The molecule has 1 amide bonds. The van der Waals surface area contributed by atoms with E-state index in [0.717, 1.165) is 22.5 Å². The van der Waals surface area contributed by atoms with Crippen LogP contribution < -0.4 is 10.6 Å². The van der Waals surface area contributed by atoms with E-state index in [4.69, 9.17) is 10.1 Å². The zero-order chi connectivity index (χ0) is 23.5. The number of anilines is 2. The summed E-state index contributed by atoms with van der Waals surface area (Å²) in [7, 11) is 0. The highest BCUT2D eigenvalue weighted by Gasteiger charge is 2.53. The number of carbonyl (C=O) groups excluding carboxylic acids is 1. The van der Waals surface area contributed by atoms with Crippen LogP contribution in [0.3, 0.4) is 0 Å². The zero-order valence-electron chi connectivity index (χ0n) is 19.0. The lowest BCUT2D eigenvalue weighted by molar-refractivity contribution is -0.921. The average molecular weight is 457 g/mol. The molecule has 0 aromatic heterocycles. The largest absolute Gasteiger partial charge is 0.391 e. The van der Waals surface area contributed by atoms with E-state index in [1.165, 1.54) is 0 Å². The molecule has 34 heavy (non-hydrogen) atoms. The second-order valence-electron chi connectivity index (χ2n) is 9.52. The first-order chi connectivity index (χ1) is 16.4. The van der Waals surface area contributed by atoms with Gasteiger partial charge in [-0.1, -0.05) is 36.4 Å². The van der Waals surface area contributed by atoms with Gasteiger partial charge in [0.1, 0.15) is 6.21 Å². The lowest BCUT2D eigenvalue weighted by atomic mass is 9.86. The Hall–Kier alpha value is -3.66. The predicted molar refractivity (Wildman–Crippen MR) is 131 cm³/mol. The Balaban J connectivity index is 1.34. The van der Waals surface area contributed by atoms with Crippen LogP contribution >= 0.6 is 0 Å². The van der Waals surface area contributed by atoms with Crippen LogP contribution in [0, 0.1) is 0 Å². The number of benzene rings is 2. The molecule has 0 saturated carbocycles. The van der Waals surface area contributed by atoms with E-state index in [1.807, 2.05) is 56.4 Å². The first-order valence-corrected chi connectivity index (χ1v) is 11.4. The number of aliphatic hydroxyl groups is 1. The summed E-state index contributed by atoms with van der Waals surface area (Å²) in [5.74, 6) is 1.07. The van der Waals surface area contributed by atoms with Gasteiger partial charge in [0, 0.05) is 11.4 Å². The molecule has 0 radical (unpaired) electrons. The topological polar surface area (TPSA) is 102 Å². The van der Waals surface area contributed by atoms with Gasteiger partial charge in [-0.15, -0.1) is 10.0 Å². The highest BCUT2D eigenvalue weighted by molar-refractivity contribution is 6.30. The van der Waals surface area contributed by atoms with Gasteiger partial charge in [-0.2, -0.15) is 0 Å². The summed E-state index contributed by atoms with van der Waals surface area (Å²) in [5.41, 5.74) is 3.10. The van der Waals surface area contributed by atoms with Gasteiger partial charge in [-0.05, 0) is 53.3 Å². The lowest BCUT2D eigenvalue weighted by Gasteiger charge is -2.35. The van der Waals surface area contributed by atoms with Crippen LogP contribution in [0.5, 0.6) is 0 Å². The minimum absolute atomic E-state index is 0.0111. The molecule has 4 heterocycles. The molecule has 9 nitrogen and oxygen atoms in total. The van der Waals surface area contributed by atoms with Gasteiger partial charge in [-0.3, -0.25) is 9.79 Å².